The molecule has 2 saturated heterocycles. The highest BCUT2D eigenvalue weighted by Crippen LogP contribution is 2.42. The minimum Gasteiger partial charge on any atom is -0.338 e. The molecule has 6 heteroatoms. The third-order valence-electron chi connectivity index (χ3n) is 9.07. The second-order valence-corrected chi connectivity index (χ2v) is 11.5. The Morgan fingerprint density at radius 1 is 0.714 bits per heavy atom. The Kier molecular flexibility index (Phi) is 6.62. The summed E-state index contributed by atoms with van der Waals surface area (Å²) in [4.78, 5) is 31.5. The number of piperidine rings is 1. The zero-order valence-electron chi connectivity index (χ0n) is 23.4. The van der Waals surface area contributed by atoms with Crippen LogP contribution in [0.4, 0.5) is 4.39 Å². The number of fused-ring (bicyclic) bond motifs is 1. The van der Waals surface area contributed by atoms with Crippen LogP contribution in [-0.2, 0) is 6.42 Å². The number of pyridine rings is 1. The Balaban J connectivity index is 1.06. The second-order valence-electron chi connectivity index (χ2n) is 11.5. The smallest absolute Gasteiger partial charge is 0.256 e. The quantitative estimate of drug-likeness (QED) is 0.237. The van der Waals surface area contributed by atoms with Crippen LogP contribution in [0, 0.1) is 5.82 Å². The Morgan fingerprint density at radius 2 is 1.45 bits per heavy atom. The maximum Gasteiger partial charge on any atom is 0.256 e. The van der Waals surface area contributed by atoms with Crippen LogP contribution in [0.3, 0.4) is 0 Å². The first-order chi connectivity index (χ1) is 20.5. The van der Waals surface area contributed by atoms with E-state index < -0.39 is 0 Å². The number of benzene rings is 3. The SMILES string of the molecule is O=C(c1cccc(Cc2ccc(F)cc2)c1)N1CCC2(CC1)CCN2C(=O)c1cc(-c2ccccc2)n2ccccc12. The molecule has 5 aromatic rings. The van der Waals surface area contributed by atoms with Gasteiger partial charge in [-0.05, 0) is 84.8 Å². The van der Waals surface area contributed by atoms with Gasteiger partial charge in [-0.2, -0.15) is 0 Å². The molecule has 3 aromatic carbocycles. The molecule has 5 nitrogen and oxygen atoms in total. The molecule has 4 heterocycles. The van der Waals surface area contributed by atoms with E-state index in [4.69, 9.17) is 0 Å². The fraction of sp³-hybridized carbons (Fsp3) is 0.222. The van der Waals surface area contributed by atoms with Crippen LogP contribution in [0.1, 0.15) is 51.1 Å². The van der Waals surface area contributed by atoms with Gasteiger partial charge in [0.2, 0.25) is 0 Å². The highest BCUT2D eigenvalue weighted by Gasteiger charge is 2.49. The molecule has 2 aliphatic rings. The highest BCUT2D eigenvalue weighted by molar-refractivity contribution is 6.03. The van der Waals surface area contributed by atoms with E-state index in [1.807, 2.05) is 77.8 Å². The van der Waals surface area contributed by atoms with E-state index >= 15 is 0 Å². The lowest BCUT2D eigenvalue weighted by atomic mass is 9.76. The molecule has 2 aliphatic heterocycles. The number of carbonyl (C=O) groups is 2. The summed E-state index contributed by atoms with van der Waals surface area (Å²) in [5.74, 6) is -0.162. The summed E-state index contributed by atoms with van der Waals surface area (Å²) in [6.07, 6.45) is 5.17. The van der Waals surface area contributed by atoms with Gasteiger partial charge in [-0.25, -0.2) is 4.39 Å². The average Bonchev–Trinajstić information content (AvgIpc) is 3.42. The van der Waals surface area contributed by atoms with Crippen molar-refractivity contribution in [3.05, 3.63) is 137 Å². The summed E-state index contributed by atoms with van der Waals surface area (Å²) in [7, 11) is 0. The lowest BCUT2D eigenvalue weighted by Crippen LogP contribution is -2.66. The van der Waals surface area contributed by atoms with Gasteiger partial charge in [-0.3, -0.25) is 9.59 Å². The molecule has 210 valence electrons. The molecular formula is C36H32FN3O2. The summed E-state index contributed by atoms with van der Waals surface area (Å²) < 4.78 is 15.4. The molecular weight excluding hydrogens is 525 g/mol. The highest BCUT2D eigenvalue weighted by atomic mass is 19.1. The second kappa shape index (κ2) is 10.6. The standard InChI is InChI=1S/C36H32FN3O2/c37-30-14-12-26(13-15-30)23-27-7-6-10-29(24-27)34(41)38-20-16-36(17-21-38)18-22-40(36)35(42)31-25-33(28-8-2-1-3-9-28)39-19-5-4-11-32(31)39/h1-15,19,24-25H,16-18,20-23H2. The number of hydrogen-bond donors (Lipinski definition) is 0. The molecule has 0 unspecified atom stereocenters. The van der Waals surface area contributed by atoms with Crippen molar-refractivity contribution in [3.63, 3.8) is 0 Å². The van der Waals surface area contributed by atoms with Crippen molar-refractivity contribution >= 4 is 17.3 Å². The van der Waals surface area contributed by atoms with Crippen molar-refractivity contribution in [1.29, 1.82) is 0 Å². The van der Waals surface area contributed by atoms with Gasteiger partial charge in [-0.15, -0.1) is 0 Å². The summed E-state index contributed by atoms with van der Waals surface area (Å²) in [6, 6.07) is 32.4. The van der Waals surface area contributed by atoms with E-state index in [1.165, 1.54) is 12.1 Å². The van der Waals surface area contributed by atoms with Crippen LogP contribution < -0.4 is 0 Å². The van der Waals surface area contributed by atoms with Gasteiger partial charge in [0.05, 0.1) is 16.8 Å². The monoisotopic (exact) mass is 557 g/mol. The Labute approximate surface area is 244 Å². The fourth-order valence-electron chi connectivity index (χ4n) is 6.64. The number of nitrogens with zero attached hydrogens (tertiary/aromatic N) is 3. The van der Waals surface area contributed by atoms with Crippen molar-refractivity contribution in [3.8, 4) is 11.3 Å². The van der Waals surface area contributed by atoms with Crippen molar-refractivity contribution < 1.29 is 14.0 Å². The maximum atomic E-state index is 14.0. The van der Waals surface area contributed by atoms with Crippen LogP contribution in [0.25, 0.3) is 16.8 Å². The van der Waals surface area contributed by atoms with Crippen molar-refractivity contribution in [2.45, 2.75) is 31.2 Å². The zero-order chi connectivity index (χ0) is 28.7. The number of carbonyl (C=O) groups excluding carboxylic acids is 2. The molecule has 0 radical (unpaired) electrons. The number of halogens is 1. The summed E-state index contributed by atoms with van der Waals surface area (Å²) in [5.41, 5.74) is 6.21. The predicted molar refractivity (Wildman–Crippen MR) is 162 cm³/mol. The Morgan fingerprint density at radius 3 is 2.19 bits per heavy atom. The molecule has 7 rings (SSSR count). The largest absolute Gasteiger partial charge is 0.338 e. The number of amides is 2. The molecule has 2 aromatic heterocycles. The fourth-order valence-corrected chi connectivity index (χ4v) is 6.64. The van der Waals surface area contributed by atoms with Gasteiger partial charge in [0.1, 0.15) is 5.82 Å². The first-order valence-corrected chi connectivity index (χ1v) is 14.6. The van der Waals surface area contributed by atoms with Gasteiger partial charge in [-0.1, -0.05) is 60.7 Å². The van der Waals surface area contributed by atoms with Crippen LogP contribution in [0.2, 0.25) is 0 Å². The van der Waals surface area contributed by atoms with E-state index in [0.29, 0.717) is 25.1 Å². The van der Waals surface area contributed by atoms with E-state index in [9.17, 15) is 14.0 Å². The van der Waals surface area contributed by atoms with Crippen molar-refractivity contribution in [2.75, 3.05) is 19.6 Å². The van der Waals surface area contributed by atoms with E-state index in [0.717, 1.165) is 59.3 Å². The van der Waals surface area contributed by atoms with E-state index in [-0.39, 0.29) is 23.2 Å². The number of rotatable bonds is 5. The van der Waals surface area contributed by atoms with Crippen molar-refractivity contribution in [2.24, 2.45) is 0 Å². The molecule has 0 N–H and O–H groups in total. The molecule has 2 amide bonds. The van der Waals surface area contributed by atoms with Crippen LogP contribution in [0.5, 0.6) is 0 Å². The lowest BCUT2D eigenvalue weighted by molar-refractivity contribution is -0.0346. The first-order valence-electron chi connectivity index (χ1n) is 14.6. The van der Waals surface area contributed by atoms with Crippen molar-refractivity contribution in [1.82, 2.24) is 14.2 Å². The number of aromatic nitrogens is 1. The third-order valence-corrected chi connectivity index (χ3v) is 9.07. The molecule has 1 spiro atoms. The van der Waals surface area contributed by atoms with Gasteiger partial charge in [0.25, 0.3) is 11.8 Å². The van der Waals surface area contributed by atoms with Gasteiger partial charge in [0, 0.05) is 36.9 Å². The van der Waals surface area contributed by atoms with Crippen LogP contribution >= 0.6 is 0 Å². The molecule has 0 atom stereocenters. The lowest BCUT2D eigenvalue weighted by Gasteiger charge is -2.56. The van der Waals surface area contributed by atoms with Crippen LogP contribution in [-0.4, -0.2) is 51.2 Å². The normalized spacial score (nSPS) is 16.0. The molecule has 0 bridgehead atoms. The minimum atomic E-state index is -0.254. The van der Waals surface area contributed by atoms with E-state index in [1.54, 1.807) is 12.1 Å². The molecule has 2 fully saturated rings. The van der Waals surface area contributed by atoms with Gasteiger partial charge in [0.15, 0.2) is 0 Å². The van der Waals surface area contributed by atoms with Gasteiger partial charge >= 0.3 is 0 Å². The summed E-state index contributed by atoms with van der Waals surface area (Å²) >= 11 is 0. The zero-order valence-corrected chi connectivity index (χ0v) is 23.4. The van der Waals surface area contributed by atoms with E-state index in [2.05, 4.69) is 21.4 Å². The molecule has 0 saturated carbocycles. The van der Waals surface area contributed by atoms with Crippen LogP contribution in [0.15, 0.2) is 109 Å². The summed E-state index contributed by atoms with van der Waals surface area (Å²) in [5, 5.41) is 0. The third kappa shape index (κ3) is 4.67. The number of likely N-dealkylation sites (tertiary alicyclic amines) is 2. The predicted octanol–water partition coefficient (Wildman–Crippen LogP) is 6.86. The Bertz CT molecular complexity index is 1770. The number of hydrogen-bond acceptors (Lipinski definition) is 2. The Hall–Kier alpha value is -4.71. The average molecular weight is 558 g/mol. The van der Waals surface area contributed by atoms with Gasteiger partial charge < -0.3 is 14.2 Å². The molecule has 42 heavy (non-hydrogen) atoms. The maximum absolute atomic E-state index is 14.0. The molecule has 0 aliphatic carbocycles. The summed E-state index contributed by atoms with van der Waals surface area (Å²) in [6.45, 7) is 1.98. The minimum absolute atomic E-state index is 0.0222. The first kappa shape index (κ1) is 26.2. The topological polar surface area (TPSA) is 45.0 Å².